The van der Waals surface area contributed by atoms with Crippen LogP contribution in [-0.4, -0.2) is 15.7 Å². The Morgan fingerprint density at radius 3 is 2.64 bits per heavy atom. The third-order valence-electron chi connectivity index (χ3n) is 4.51. The van der Waals surface area contributed by atoms with E-state index in [0.29, 0.717) is 22.2 Å². The van der Waals surface area contributed by atoms with Crippen molar-refractivity contribution in [1.82, 2.24) is 15.1 Å². The fraction of sp³-hybridized carbons (Fsp3) is 0.0455. The monoisotopic (exact) mass is 370 g/mol. The number of nitrogens with one attached hydrogen (secondary N) is 1. The lowest BCUT2D eigenvalue weighted by molar-refractivity contribution is 0.0952. The van der Waals surface area contributed by atoms with Crippen LogP contribution in [0, 0.1) is 17.1 Å². The normalized spacial score (nSPS) is 10.6. The average molecular weight is 370 g/mol. The van der Waals surface area contributed by atoms with Crippen LogP contribution in [0.25, 0.3) is 16.6 Å². The Labute approximate surface area is 160 Å². The molecule has 0 saturated carbocycles. The number of hydrogen-bond donors (Lipinski definition) is 1. The van der Waals surface area contributed by atoms with E-state index in [2.05, 4.69) is 16.5 Å². The van der Waals surface area contributed by atoms with Crippen molar-refractivity contribution in [2.45, 2.75) is 6.54 Å². The van der Waals surface area contributed by atoms with Gasteiger partial charge in [-0.15, -0.1) is 0 Å². The van der Waals surface area contributed by atoms with Gasteiger partial charge in [-0.3, -0.25) is 4.79 Å². The first-order chi connectivity index (χ1) is 13.7. The average Bonchev–Trinajstić information content (AvgIpc) is 3.17. The molecule has 28 heavy (non-hydrogen) atoms. The molecular formula is C22H15FN4O. The summed E-state index contributed by atoms with van der Waals surface area (Å²) in [6.07, 6.45) is 1.62. The van der Waals surface area contributed by atoms with Crippen molar-refractivity contribution in [2.24, 2.45) is 0 Å². The summed E-state index contributed by atoms with van der Waals surface area (Å²) in [5.41, 5.74) is 3.23. The number of amides is 1. The maximum Gasteiger partial charge on any atom is 0.252 e. The summed E-state index contributed by atoms with van der Waals surface area (Å²) >= 11 is 0. The van der Waals surface area contributed by atoms with E-state index in [4.69, 9.17) is 0 Å². The minimum Gasteiger partial charge on any atom is -0.348 e. The molecule has 1 amide bonds. The van der Waals surface area contributed by atoms with Gasteiger partial charge < -0.3 is 5.32 Å². The van der Waals surface area contributed by atoms with Crippen molar-refractivity contribution in [1.29, 1.82) is 5.26 Å². The van der Waals surface area contributed by atoms with Crippen LogP contribution >= 0.6 is 0 Å². The van der Waals surface area contributed by atoms with Gasteiger partial charge >= 0.3 is 0 Å². The Hall–Kier alpha value is -3.98. The molecule has 0 radical (unpaired) electrons. The van der Waals surface area contributed by atoms with Gasteiger partial charge in [-0.05, 0) is 48.0 Å². The molecule has 0 bridgehead atoms. The van der Waals surface area contributed by atoms with Crippen LogP contribution in [-0.2, 0) is 6.54 Å². The van der Waals surface area contributed by atoms with Gasteiger partial charge in [-0.2, -0.15) is 10.4 Å². The quantitative estimate of drug-likeness (QED) is 0.591. The van der Waals surface area contributed by atoms with Crippen LogP contribution in [0.4, 0.5) is 4.39 Å². The number of carbonyl (C=O) groups excluding carboxylic acids is 1. The van der Waals surface area contributed by atoms with Crippen LogP contribution in [0.15, 0.2) is 72.9 Å². The van der Waals surface area contributed by atoms with Crippen molar-refractivity contribution in [3.63, 3.8) is 0 Å². The molecule has 1 N–H and O–H groups in total. The number of rotatable bonds is 4. The lowest BCUT2D eigenvalue weighted by atomic mass is 10.1. The largest absolute Gasteiger partial charge is 0.348 e. The fourth-order valence-corrected chi connectivity index (χ4v) is 3.09. The molecule has 0 unspecified atom stereocenters. The summed E-state index contributed by atoms with van der Waals surface area (Å²) in [6.45, 7) is 0.255. The maximum atomic E-state index is 13.2. The lowest BCUT2D eigenvalue weighted by Gasteiger charge is -2.08. The minimum atomic E-state index is -0.321. The molecule has 1 aromatic heterocycles. The van der Waals surface area contributed by atoms with Crippen molar-refractivity contribution in [3.8, 4) is 11.8 Å². The molecule has 0 aliphatic carbocycles. The standard InChI is InChI=1S/C22H15FN4O/c23-17-8-10-18(11-9-17)27-21-7-3-6-19(20(21)14-26-27)22(28)25-13-16-5-2-1-4-15(16)12-24/h1-11,14H,13H2,(H,25,28). The van der Waals surface area contributed by atoms with Gasteiger partial charge in [0.05, 0.1) is 34.6 Å². The van der Waals surface area contributed by atoms with E-state index in [1.807, 2.05) is 18.2 Å². The topological polar surface area (TPSA) is 70.7 Å². The second kappa shape index (κ2) is 7.33. The summed E-state index contributed by atoms with van der Waals surface area (Å²) in [7, 11) is 0. The maximum absolute atomic E-state index is 13.2. The van der Waals surface area contributed by atoms with Gasteiger partial charge in [0.15, 0.2) is 0 Å². The van der Waals surface area contributed by atoms with E-state index in [-0.39, 0.29) is 18.3 Å². The summed E-state index contributed by atoms with van der Waals surface area (Å²) in [5, 5.41) is 17.1. The van der Waals surface area contributed by atoms with E-state index in [0.717, 1.165) is 11.1 Å². The Kier molecular flexibility index (Phi) is 4.56. The highest BCUT2D eigenvalue weighted by Gasteiger charge is 2.14. The highest BCUT2D eigenvalue weighted by Crippen LogP contribution is 2.22. The van der Waals surface area contributed by atoms with Crippen LogP contribution in [0.1, 0.15) is 21.5 Å². The first kappa shape index (κ1) is 17.4. The minimum absolute atomic E-state index is 0.253. The van der Waals surface area contributed by atoms with Crippen molar-refractivity contribution < 1.29 is 9.18 Å². The number of aromatic nitrogens is 2. The lowest BCUT2D eigenvalue weighted by Crippen LogP contribution is -2.23. The van der Waals surface area contributed by atoms with Gasteiger partial charge in [0.25, 0.3) is 5.91 Å². The van der Waals surface area contributed by atoms with Gasteiger partial charge in [-0.25, -0.2) is 9.07 Å². The van der Waals surface area contributed by atoms with Crippen molar-refractivity contribution in [2.75, 3.05) is 0 Å². The number of hydrogen-bond acceptors (Lipinski definition) is 3. The van der Waals surface area contributed by atoms with E-state index in [9.17, 15) is 14.4 Å². The summed E-state index contributed by atoms with van der Waals surface area (Å²) in [5.74, 6) is -0.574. The molecule has 5 nitrogen and oxygen atoms in total. The zero-order valence-electron chi connectivity index (χ0n) is 14.8. The first-order valence-electron chi connectivity index (χ1n) is 8.66. The Bertz CT molecular complexity index is 1210. The van der Waals surface area contributed by atoms with Crippen molar-refractivity contribution >= 4 is 16.8 Å². The number of halogens is 1. The van der Waals surface area contributed by atoms with Crippen molar-refractivity contribution in [3.05, 3.63) is 95.4 Å². The summed E-state index contributed by atoms with van der Waals surface area (Å²) in [6, 6.07) is 20.6. The second-order valence-corrected chi connectivity index (χ2v) is 6.22. The summed E-state index contributed by atoms with van der Waals surface area (Å²) in [4.78, 5) is 12.7. The highest BCUT2D eigenvalue weighted by molar-refractivity contribution is 6.06. The molecule has 136 valence electrons. The van der Waals surface area contributed by atoms with Crippen LogP contribution < -0.4 is 5.32 Å². The van der Waals surface area contributed by atoms with Crippen LogP contribution in [0.3, 0.4) is 0 Å². The Morgan fingerprint density at radius 2 is 1.86 bits per heavy atom. The third kappa shape index (κ3) is 3.21. The molecule has 1 heterocycles. The van der Waals surface area contributed by atoms with Gasteiger partial charge in [0.2, 0.25) is 0 Å². The Balaban J connectivity index is 1.63. The molecule has 0 fully saturated rings. The fourth-order valence-electron chi connectivity index (χ4n) is 3.09. The number of nitrogens with zero attached hydrogens (tertiary/aromatic N) is 3. The number of nitriles is 1. The third-order valence-corrected chi connectivity index (χ3v) is 4.51. The molecule has 4 aromatic rings. The van der Waals surface area contributed by atoms with Gasteiger partial charge in [-0.1, -0.05) is 24.3 Å². The first-order valence-corrected chi connectivity index (χ1v) is 8.66. The molecular weight excluding hydrogens is 355 g/mol. The van der Waals surface area contributed by atoms with Gasteiger partial charge in [0.1, 0.15) is 5.82 Å². The zero-order chi connectivity index (χ0) is 19.5. The highest BCUT2D eigenvalue weighted by atomic mass is 19.1. The Morgan fingerprint density at radius 1 is 1.07 bits per heavy atom. The number of benzene rings is 3. The molecule has 4 rings (SSSR count). The number of fused-ring (bicyclic) bond motifs is 1. The molecule has 0 aliphatic rings. The second-order valence-electron chi connectivity index (χ2n) is 6.22. The molecule has 0 spiro atoms. The molecule has 0 atom stereocenters. The van der Waals surface area contributed by atoms with E-state index in [1.54, 1.807) is 47.3 Å². The molecule has 6 heteroatoms. The van der Waals surface area contributed by atoms with E-state index in [1.165, 1.54) is 12.1 Å². The van der Waals surface area contributed by atoms with E-state index < -0.39 is 0 Å². The SMILES string of the molecule is N#Cc1ccccc1CNC(=O)c1cccc2c1cnn2-c1ccc(F)cc1. The van der Waals surface area contributed by atoms with Crippen LogP contribution in [0.5, 0.6) is 0 Å². The van der Waals surface area contributed by atoms with Crippen LogP contribution in [0.2, 0.25) is 0 Å². The van der Waals surface area contributed by atoms with Gasteiger partial charge in [0, 0.05) is 11.9 Å². The number of carbonyl (C=O) groups is 1. The zero-order valence-corrected chi connectivity index (χ0v) is 14.8. The molecule has 0 saturated heterocycles. The molecule has 0 aliphatic heterocycles. The predicted octanol–water partition coefficient (Wildman–Crippen LogP) is 3.97. The smallest absolute Gasteiger partial charge is 0.252 e. The predicted molar refractivity (Wildman–Crippen MR) is 103 cm³/mol. The van der Waals surface area contributed by atoms with E-state index >= 15 is 0 Å². The molecule has 3 aromatic carbocycles. The summed E-state index contributed by atoms with van der Waals surface area (Å²) < 4.78 is 14.9.